The second-order valence-corrected chi connectivity index (χ2v) is 4.30. The van der Waals surface area contributed by atoms with E-state index >= 15 is 0 Å². The van der Waals surface area contributed by atoms with Crippen LogP contribution in [0, 0.1) is 6.92 Å². The topological polar surface area (TPSA) is 56.3 Å². The van der Waals surface area contributed by atoms with Gasteiger partial charge in [-0.15, -0.1) is 6.58 Å². The maximum absolute atomic E-state index is 5.65. The van der Waals surface area contributed by atoms with Gasteiger partial charge in [-0.3, -0.25) is 0 Å². The van der Waals surface area contributed by atoms with Gasteiger partial charge in [0, 0.05) is 32.4 Å². The summed E-state index contributed by atoms with van der Waals surface area (Å²) in [5, 5.41) is 0. The molecular formula is C12H20N4O. The van der Waals surface area contributed by atoms with Gasteiger partial charge in [0.1, 0.15) is 0 Å². The van der Waals surface area contributed by atoms with Gasteiger partial charge in [0.25, 0.3) is 0 Å². The van der Waals surface area contributed by atoms with Crippen molar-refractivity contribution in [1.82, 2.24) is 9.55 Å². The summed E-state index contributed by atoms with van der Waals surface area (Å²) in [6.07, 6.45) is 4.04. The molecule has 0 saturated carbocycles. The fourth-order valence-corrected chi connectivity index (χ4v) is 2.10. The van der Waals surface area contributed by atoms with E-state index in [4.69, 9.17) is 10.5 Å². The Bertz CT molecular complexity index is 388. The molecule has 17 heavy (non-hydrogen) atoms. The molecule has 2 rings (SSSR count). The van der Waals surface area contributed by atoms with E-state index in [-0.39, 0.29) is 6.10 Å². The largest absolute Gasteiger partial charge is 0.373 e. The third kappa shape index (κ3) is 2.68. The molecule has 0 radical (unpaired) electrons. The highest BCUT2D eigenvalue weighted by Crippen LogP contribution is 2.17. The molecule has 5 heteroatoms. The van der Waals surface area contributed by atoms with E-state index < -0.39 is 0 Å². The number of nitrogens with zero attached hydrogens (tertiary/aromatic N) is 3. The van der Waals surface area contributed by atoms with Crippen LogP contribution in [0.15, 0.2) is 18.9 Å². The van der Waals surface area contributed by atoms with Crippen LogP contribution >= 0.6 is 0 Å². The summed E-state index contributed by atoms with van der Waals surface area (Å²) in [7, 11) is 0. The predicted octanol–water partition coefficient (Wildman–Crippen LogP) is 0.541. The highest BCUT2D eigenvalue weighted by molar-refractivity contribution is 5.34. The average molecular weight is 236 g/mol. The molecule has 1 aromatic heterocycles. The molecule has 1 saturated heterocycles. The number of hydrogen-bond acceptors (Lipinski definition) is 4. The summed E-state index contributed by atoms with van der Waals surface area (Å²) in [5.74, 6) is 0.990. The van der Waals surface area contributed by atoms with Gasteiger partial charge in [-0.2, -0.15) is 0 Å². The lowest BCUT2D eigenvalue weighted by molar-refractivity contribution is 0.0458. The Labute approximate surface area is 102 Å². The van der Waals surface area contributed by atoms with Crippen LogP contribution in [-0.2, 0) is 11.3 Å². The third-order valence-corrected chi connectivity index (χ3v) is 2.89. The number of anilines is 1. The monoisotopic (exact) mass is 236 g/mol. The summed E-state index contributed by atoms with van der Waals surface area (Å²) in [5.41, 5.74) is 6.68. The normalized spacial score (nSPS) is 20.6. The number of nitrogens with two attached hydrogens (primary N) is 1. The van der Waals surface area contributed by atoms with Crippen molar-refractivity contribution in [3.05, 3.63) is 24.5 Å². The van der Waals surface area contributed by atoms with E-state index in [0.29, 0.717) is 13.2 Å². The first-order valence-corrected chi connectivity index (χ1v) is 5.96. The van der Waals surface area contributed by atoms with E-state index in [1.807, 2.05) is 19.2 Å². The van der Waals surface area contributed by atoms with Gasteiger partial charge in [-0.25, -0.2) is 4.98 Å². The molecule has 0 amide bonds. The summed E-state index contributed by atoms with van der Waals surface area (Å²) in [4.78, 5) is 6.80. The summed E-state index contributed by atoms with van der Waals surface area (Å²) < 4.78 is 7.67. The Hall–Kier alpha value is -1.33. The molecular weight excluding hydrogens is 216 g/mol. The quantitative estimate of drug-likeness (QED) is 0.775. The first kappa shape index (κ1) is 12.1. The molecule has 0 spiro atoms. The van der Waals surface area contributed by atoms with Crippen LogP contribution < -0.4 is 10.6 Å². The minimum absolute atomic E-state index is 0.109. The van der Waals surface area contributed by atoms with Gasteiger partial charge in [0.2, 0.25) is 5.95 Å². The maximum Gasteiger partial charge on any atom is 0.206 e. The minimum Gasteiger partial charge on any atom is -0.373 e. The molecule has 1 fully saturated rings. The molecule has 1 unspecified atom stereocenters. The summed E-state index contributed by atoms with van der Waals surface area (Å²) >= 11 is 0. The van der Waals surface area contributed by atoms with Crippen LogP contribution in [0.3, 0.4) is 0 Å². The number of morpholine rings is 1. The first-order valence-electron chi connectivity index (χ1n) is 5.96. The van der Waals surface area contributed by atoms with Gasteiger partial charge < -0.3 is 19.9 Å². The molecule has 0 aliphatic carbocycles. The van der Waals surface area contributed by atoms with Crippen LogP contribution in [-0.4, -0.2) is 41.9 Å². The maximum atomic E-state index is 5.65. The van der Waals surface area contributed by atoms with Gasteiger partial charge in [-0.1, -0.05) is 6.08 Å². The zero-order valence-electron chi connectivity index (χ0n) is 10.3. The van der Waals surface area contributed by atoms with Crippen molar-refractivity contribution in [2.24, 2.45) is 5.73 Å². The molecule has 0 bridgehead atoms. The fourth-order valence-electron chi connectivity index (χ4n) is 2.10. The number of aromatic nitrogens is 2. The van der Waals surface area contributed by atoms with E-state index in [0.717, 1.165) is 31.3 Å². The molecule has 5 nitrogen and oxygen atoms in total. The standard InChI is InChI=1S/C12H20N4O/c1-3-4-15-8-10(2)14-12(15)16-5-6-17-11(7-13)9-16/h3,8,11H,1,4-7,9,13H2,2H3. The van der Waals surface area contributed by atoms with Gasteiger partial charge in [0.05, 0.1) is 18.4 Å². The van der Waals surface area contributed by atoms with Crippen molar-refractivity contribution < 1.29 is 4.74 Å². The van der Waals surface area contributed by atoms with Crippen molar-refractivity contribution in [2.45, 2.75) is 19.6 Å². The van der Waals surface area contributed by atoms with Crippen LogP contribution in [0.2, 0.25) is 0 Å². The van der Waals surface area contributed by atoms with E-state index in [1.165, 1.54) is 0 Å². The van der Waals surface area contributed by atoms with Crippen molar-refractivity contribution in [2.75, 3.05) is 31.1 Å². The Kier molecular flexibility index (Phi) is 3.81. The lowest BCUT2D eigenvalue weighted by atomic mass is 10.3. The molecule has 1 atom stereocenters. The van der Waals surface area contributed by atoms with Crippen molar-refractivity contribution in [3.8, 4) is 0 Å². The molecule has 2 heterocycles. The zero-order chi connectivity index (χ0) is 12.3. The first-order chi connectivity index (χ1) is 8.24. The fraction of sp³-hybridized carbons (Fsp3) is 0.583. The molecule has 94 valence electrons. The highest BCUT2D eigenvalue weighted by Gasteiger charge is 2.22. The van der Waals surface area contributed by atoms with E-state index in [2.05, 4.69) is 21.0 Å². The van der Waals surface area contributed by atoms with Gasteiger partial charge >= 0.3 is 0 Å². The Morgan fingerprint density at radius 1 is 1.71 bits per heavy atom. The van der Waals surface area contributed by atoms with Crippen molar-refractivity contribution in [3.63, 3.8) is 0 Å². The number of rotatable bonds is 4. The lowest BCUT2D eigenvalue weighted by Gasteiger charge is -2.33. The number of ether oxygens (including phenoxy) is 1. The molecule has 1 aromatic rings. The van der Waals surface area contributed by atoms with Crippen LogP contribution in [0.25, 0.3) is 0 Å². The SMILES string of the molecule is C=CCn1cc(C)nc1N1CCOC(CN)C1. The smallest absolute Gasteiger partial charge is 0.206 e. The zero-order valence-corrected chi connectivity index (χ0v) is 10.3. The third-order valence-electron chi connectivity index (χ3n) is 2.89. The second-order valence-electron chi connectivity index (χ2n) is 4.30. The Morgan fingerprint density at radius 2 is 2.53 bits per heavy atom. The summed E-state index contributed by atoms with van der Waals surface area (Å²) in [6.45, 7) is 9.49. The average Bonchev–Trinajstić information content (AvgIpc) is 2.71. The van der Waals surface area contributed by atoms with Gasteiger partial charge in [-0.05, 0) is 6.92 Å². The lowest BCUT2D eigenvalue weighted by Crippen LogP contribution is -2.46. The minimum atomic E-state index is 0.109. The molecule has 0 aromatic carbocycles. The highest BCUT2D eigenvalue weighted by atomic mass is 16.5. The molecule has 1 aliphatic heterocycles. The number of hydrogen-bond donors (Lipinski definition) is 1. The second kappa shape index (κ2) is 5.33. The van der Waals surface area contributed by atoms with Crippen LogP contribution in [0.4, 0.5) is 5.95 Å². The molecule has 2 N–H and O–H groups in total. The Balaban J connectivity index is 2.17. The number of aryl methyl sites for hydroxylation is 1. The van der Waals surface area contributed by atoms with Crippen LogP contribution in [0.1, 0.15) is 5.69 Å². The van der Waals surface area contributed by atoms with Crippen molar-refractivity contribution in [1.29, 1.82) is 0 Å². The summed E-state index contributed by atoms with van der Waals surface area (Å²) in [6, 6.07) is 0. The van der Waals surface area contributed by atoms with E-state index in [9.17, 15) is 0 Å². The van der Waals surface area contributed by atoms with Crippen molar-refractivity contribution >= 4 is 5.95 Å². The van der Waals surface area contributed by atoms with Gasteiger partial charge in [0.15, 0.2) is 0 Å². The predicted molar refractivity (Wildman–Crippen MR) is 68.2 cm³/mol. The van der Waals surface area contributed by atoms with E-state index in [1.54, 1.807) is 0 Å². The number of imidazole rings is 1. The molecule has 1 aliphatic rings. The Morgan fingerprint density at radius 3 is 3.24 bits per heavy atom. The van der Waals surface area contributed by atoms with Crippen LogP contribution in [0.5, 0.6) is 0 Å². The number of allylic oxidation sites excluding steroid dienone is 1.